The molecule has 0 radical (unpaired) electrons. The van der Waals surface area contributed by atoms with Crippen LogP contribution < -0.4 is 5.32 Å². The summed E-state index contributed by atoms with van der Waals surface area (Å²) in [7, 11) is 0. The van der Waals surface area contributed by atoms with Crippen molar-refractivity contribution in [1.29, 1.82) is 0 Å². The van der Waals surface area contributed by atoms with Crippen molar-refractivity contribution in [3.8, 4) is 0 Å². The second kappa shape index (κ2) is 5.47. The second-order valence-electron chi connectivity index (χ2n) is 4.01. The van der Waals surface area contributed by atoms with E-state index in [0.717, 1.165) is 0 Å². The van der Waals surface area contributed by atoms with Gasteiger partial charge >= 0.3 is 5.97 Å². The van der Waals surface area contributed by atoms with E-state index in [9.17, 15) is 9.59 Å². The van der Waals surface area contributed by atoms with Crippen LogP contribution in [0.1, 0.15) is 36.5 Å². The standard InChI is InChI=1S/C11H16N2O4/c1-4-6(2)9(11(15)16)12-10(14)8-5-7(3)13-17-8/h5-6,9H,4H2,1-3H3,(H,12,14)(H,15,16)/t6?,9-/m0/s1. The highest BCUT2D eigenvalue weighted by molar-refractivity contribution is 5.94. The lowest BCUT2D eigenvalue weighted by atomic mass is 9.99. The molecule has 0 bridgehead atoms. The van der Waals surface area contributed by atoms with Crippen LogP contribution in [0.25, 0.3) is 0 Å². The van der Waals surface area contributed by atoms with Gasteiger partial charge in [-0.05, 0) is 12.8 Å². The monoisotopic (exact) mass is 240 g/mol. The van der Waals surface area contributed by atoms with Gasteiger partial charge in [0.1, 0.15) is 6.04 Å². The normalized spacial score (nSPS) is 14.1. The van der Waals surface area contributed by atoms with E-state index in [-0.39, 0.29) is 11.7 Å². The number of carbonyl (C=O) groups is 2. The zero-order chi connectivity index (χ0) is 13.0. The Kier molecular flexibility index (Phi) is 4.25. The molecule has 1 unspecified atom stereocenters. The molecule has 94 valence electrons. The quantitative estimate of drug-likeness (QED) is 0.807. The highest BCUT2D eigenvalue weighted by atomic mass is 16.5. The number of nitrogens with zero attached hydrogens (tertiary/aromatic N) is 1. The van der Waals surface area contributed by atoms with Gasteiger partial charge in [-0.1, -0.05) is 25.4 Å². The Labute approximate surface area is 99.0 Å². The molecule has 6 heteroatoms. The van der Waals surface area contributed by atoms with Gasteiger partial charge < -0.3 is 14.9 Å². The van der Waals surface area contributed by atoms with Crippen molar-refractivity contribution in [3.05, 3.63) is 17.5 Å². The SMILES string of the molecule is CCC(C)[C@H](NC(=O)c1cc(C)no1)C(=O)O. The molecule has 2 N–H and O–H groups in total. The Balaban J connectivity index is 2.74. The van der Waals surface area contributed by atoms with Crippen molar-refractivity contribution in [1.82, 2.24) is 10.5 Å². The molecule has 1 heterocycles. The van der Waals surface area contributed by atoms with Crippen LogP contribution in [0.3, 0.4) is 0 Å². The smallest absolute Gasteiger partial charge is 0.326 e. The van der Waals surface area contributed by atoms with Crippen molar-refractivity contribution in [3.63, 3.8) is 0 Å². The molecule has 0 saturated carbocycles. The average Bonchev–Trinajstić information content (AvgIpc) is 2.71. The van der Waals surface area contributed by atoms with Crippen molar-refractivity contribution >= 4 is 11.9 Å². The Morgan fingerprint density at radius 1 is 1.59 bits per heavy atom. The zero-order valence-corrected chi connectivity index (χ0v) is 10.1. The molecular formula is C11H16N2O4. The third kappa shape index (κ3) is 3.30. The third-order valence-corrected chi connectivity index (χ3v) is 2.62. The Morgan fingerprint density at radius 2 is 2.24 bits per heavy atom. The van der Waals surface area contributed by atoms with Gasteiger partial charge in [-0.25, -0.2) is 4.79 Å². The summed E-state index contributed by atoms with van der Waals surface area (Å²) in [6.07, 6.45) is 0.659. The first-order valence-electron chi connectivity index (χ1n) is 5.42. The number of amides is 1. The molecular weight excluding hydrogens is 224 g/mol. The second-order valence-corrected chi connectivity index (χ2v) is 4.01. The fraction of sp³-hybridized carbons (Fsp3) is 0.545. The number of carboxylic acid groups (broad SMARTS) is 1. The van der Waals surface area contributed by atoms with Crippen LogP contribution in [-0.4, -0.2) is 28.2 Å². The molecule has 0 aliphatic rings. The van der Waals surface area contributed by atoms with Gasteiger partial charge in [-0.2, -0.15) is 0 Å². The van der Waals surface area contributed by atoms with E-state index in [4.69, 9.17) is 9.63 Å². The number of hydrogen-bond donors (Lipinski definition) is 2. The van der Waals surface area contributed by atoms with E-state index in [0.29, 0.717) is 12.1 Å². The van der Waals surface area contributed by atoms with Crippen LogP contribution in [0.5, 0.6) is 0 Å². The minimum Gasteiger partial charge on any atom is -0.480 e. The lowest BCUT2D eigenvalue weighted by Gasteiger charge is -2.19. The summed E-state index contributed by atoms with van der Waals surface area (Å²) in [5.74, 6) is -1.74. The minimum atomic E-state index is -1.05. The van der Waals surface area contributed by atoms with Gasteiger partial charge in [0, 0.05) is 6.07 Å². The lowest BCUT2D eigenvalue weighted by molar-refractivity contribution is -0.140. The predicted octanol–water partition coefficient (Wildman–Crippen LogP) is 1.21. The number of aliphatic carboxylic acids is 1. The summed E-state index contributed by atoms with van der Waals surface area (Å²) in [4.78, 5) is 22.7. The van der Waals surface area contributed by atoms with Gasteiger partial charge in [0.2, 0.25) is 5.76 Å². The van der Waals surface area contributed by atoms with Gasteiger partial charge in [0.05, 0.1) is 5.69 Å². The van der Waals surface area contributed by atoms with E-state index >= 15 is 0 Å². The molecule has 0 fully saturated rings. The molecule has 0 aromatic carbocycles. The van der Waals surface area contributed by atoms with Crippen LogP contribution >= 0.6 is 0 Å². The highest BCUT2D eigenvalue weighted by Crippen LogP contribution is 2.10. The van der Waals surface area contributed by atoms with Gasteiger partial charge in [0.25, 0.3) is 5.91 Å². The summed E-state index contributed by atoms with van der Waals surface area (Å²) >= 11 is 0. The fourth-order valence-electron chi connectivity index (χ4n) is 1.37. The molecule has 1 aromatic heterocycles. The zero-order valence-electron chi connectivity index (χ0n) is 10.1. The molecule has 1 aromatic rings. The van der Waals surface area contributed by atoms with Crippen LogP contribution in [0, 0.1) is 12.8 Å². The molecule has 6 nitrogen and oxygen atoms in total. The van der Waals surface area contributed by atoms with Gasteiger partial charge in [-0.15, -0.1) is 0 Å². The number of rotatable bonds is 5. The van der Waals surface area contributed by atoms with Crippen molar-refractivity contribution in [2.24, 2.45) is 5.92 Å². The predicted molar refractivity (Wildman–Crippen MR) is 59.6 cm³/mol. The Bertz CT molecular complexity index is 413. The average molecular weight is 240 g/mol. The number of nitrogens with one attached hydrogen (secondary N) is 1. The topological polar surface area (TPSA) is 92.4 Å². The molecule has 1 rings (SSSR count). The Morgan fingerprint density at radius 3 is 2.65 bits per heavy atom. The third-order valence-electron chi connectivity index (χ3n) is 2.62. The van der Waals surface area contributed by atoms with E-state index in [1.54, 1.807) is 13.8 Å². The molecule has 0 aliphatic carbocycles. The number of aromatic nitrogens is 1. The van der Waals surface area contributed by atoms with Gasteiger partial charge in [0.15, 0.2) is 0 Å². The largest absolute Gasteiger partial charge is 0.480 e. The summed E-state index contributed by atoms with van der Waals surface area (Å²) in [5, 5.41) is 15.0. The maximum Gasteiger partial charge on any atom is 0.326 e. The molecule has 0 aliphatic heterocycles. The number of carbonyl (C=O) groups excluding carboxylic acids is 1. The molecule has 0 saturated heterocycles. The number of carboxylic acids is 1. The van der Waals surface area contributed by atoms with Crippen molar-refractivity contribution in [2.75, 3.05) is 0 Å². The maximum absolute atomic E-state index is 11.7. The van der Waals surface area contributed by atoms with E-state index in [1.807, 2.05) is 6.92 Å². The van der Waals surface area contributed by atoms with E-state index in [2.05, 4.69) is 10.5 Å². The summed E-state index contributed by atoms with van der Waals surface area (Å²) < 4.78 is 4.77. The van der Waals surface area contributed by atoms with Gasteiger partial charge in [-0.3, -0.25) is 4.79 Å². The van der Waals surface area contributed by atoms with Crippen molar-refractivity contribution in [2.45, 2.75) is 33.2 Å². The lowest BCUT2D eigenvalue weighted by Crippen LogP contribution is -2.44. The molecule has 2 atom stereocenters. The summed E-state index contributed by atoms with van der Waals surface area (Å²) in [6, 6.07) is 0.545. The first-order chi connectivity index (χ1) is 7.95. The van der Waals surface area contributed by atoms with Crippen molar-refractivity contribution < 1.29 is 19.2 Å². The van der Waals surface area contributed by atoms with Crippen LogP contribution in [0.15, 0.2) is 10.6 Å². The maximum atomic E-state index is 11.7. The Hall–Kier alpha value is -1.85. The van der Waals surface area contributed by atoms with Crippen LogP contribution in [0.2, 0.25) is 0 Å². The number of hydrogen-bond acceptors (Lipinski definition) is 4. The molecule has 0 spiro atoms. The summed E-state index contributed by atoms with van der Waals surface area (Å²) in [6.45, 7) is 5.32. The first-order valence-corrected chi connectivity index (χ1v) is 5.42. The van der Waals surface area contributed by atoms with Crippen LogP contribution in [0.4, 0.5) is 0 Å². The highest BCUT2D eigenvalue weighted by Gasteiger charge is 2.26. The minimum absolute atomic E-state index is 0.0250. The molecule has 17 heavy (non-hydrogen) atoms. The van der Waals surface area contributed by atoms with E-state index < -0.39 is 17.9 Å². The first kappa shape index (κ1) is 13.2. The number of aryl methyl sites for hydroxylation is 1. The van der Waals surface area contributed by atoms with E-state index in [1.165, 1.54) is 6.07 Å². The molecule has 1 amide bonds. The summed E-state index contributed by atoms with van der Waals surface area (Å²) in [5.41, 5.74) is 0.575. The van der Waals surface area contributed by atoms with Crippen LogP contribution in [-0.2, 0) is 4.79 Å². The fourth-order valence-corrected chi connectivity index (χ4v) is 1.37.